The number of nitrogens with zero attached hydrogens (tertiary/aromatic N) is 1. The van der Waals surface area contributed by atoms with Crippen molar-refractivity contribution in [3.63, 3.8) is 0 Å². The molecular weight excluding hydrogens is 246 g/mol. The van der Waals surface area contributed by atoms with Crippen LogP contribution in [-0.4, -0.2) is 11.9 Å². The van der Waals surface area contributed by atoms with Crippen LogP contribution in [0.1, 0.15) is 35.3 Å². The Hall–Kier alpha value is -2.09. The van der Waals surface area contributed by atoms with E-state index >= 15 is 0 Å². The van der Waals surface area contributed by atoms with Gasteiger partial charge in [-0.2, -0.15) is 0 Å². The van der Waals surface area contributed by atoms with Gasteiger partial charge >= 0.3 is 0 Å². The van der Waals surface area contributed by atoms with Crippen LogP contribution in [0.5, 0.6) is 0 Å². The maximum absolute atomic E-state index is 12.9. The summed E-state index contributed by atoms with van der Waals surface area (Å²) < 4.78 is 0. The van der Waals surface area contributed by atoms with E-state index in [-0.39, 0.29) is 11.9 Å². The molecule has 0 saturated carbocycles. The third-order valence-corrected chi connectivity index (χ3v) is 3.90. The van der Waals surface area contributed by atoms with E-state index < -0.39 is 0 Å². The van der Waals surface area contributed by atoms with Gasteiger partial charge < -0.3 is 4.90 Å². The lowest BCUT2D eigenvalue weighted by molar-refractivity contribution is 0.0978. The van der Waals surface area contributed by atoms with Crippen molar-refractivity contribution in [1.82, 2.24) is 0 Å². The van der Waals surface area contributed by atoms with Crippen LogP contribution >= 0.6 is 0 Å². The number of carbonyl (C=O) groups is 1. The molecule has 1 aliphatic rings. The average Bonchev–Trinajstić information content (AvgIpc) is 2.45. The normalized spacial score (nSPS) is 14.6. The highest BCUT2D eigenvalue weighted by atomic mass is 16.2. The molecule has 1 aliphatic heterocycles. The van der Waals surface area contributed by atoms with E-state index in [0.717, 1.165) is 29.7 Å². The first-order valence-corrected chi connectivity index (χ1v) is 7.18. The molecular formula is C18H19NO. The Morgan fingerprint density at radius 1 is 0.900 bits per heavy atom. The molecule has 0 spiro atoms. The van der Waals surface area contributed by atoms with Crippen LogP contribution in [0.25, 0.3) is 0 Å². The van der Waals surface area contributed by atoms with E-state index in [1.54, 1.807) is 0 Å². The maximum Gasteiger partial charge on any atom is 0.258 e. The van der Waals surface area contributed by atoms with Crippen LogP contribution < -0.4 is 4.90 Å². The fourth-order valence-electron chi connectivity index (χ4n) is 2.93. The predicted molar refractivity (Wildman–Crippen MR) is 82.2 cm³/mol. The highest BCUT2D eigenvalue weighted by Gasteiger charge is 2.26. The predicted octanol–water partition coefficient (Wildman–Crippen LogP) is 3.84. The monoisotopic (exact) mass is 265 g/mol. The molecule has 0 radical (unpaired) electrons. The van der Waals surface area contributed by atoms with Gasteiger partial charge in [0.1, 0.15) is 0 Å². The number of benzene rings is 2. The number of para-hydroxylation sites is 1. The van der Waals surface area contributed by atoms with Crippen molar-refractivity contribution in [2.24, 2.45) is 0 Å². The number of anilines is 1. The molecule has 102 valence electrons. The largest absolute Gasteiger partial charge is 0.306 e. The van der Waals surface area contributed by atoms with Crippen LogP contribution in [0.2, 0.25) is 0 Å². The second-order valence-electron chi connectivity index (χ2n) is 5.55. The Bertz CT molecular complexity index is 645. The van der Waals surface area contributed by atoms with Gasteiger partial charge in [0.25, 0.3) is 5.91 Å². The first-order chi connectivity index (χ1) is 9.68. The summed E-state index contributed by atoms with van der Waals surface area (Å²) in [6.07, 6.45) is 1.90. The molecule has 0 N–H and O–H groups in total. The lowest BCUT2D eigenvalue weighted by Gasteiger charge is -2.31. The summed E-state index contributed by atoms with van der Waals surface area (Å²) in [6, 6.07) is 16.4. The van der Waals surface area contributed by atoms with Crippen LogP contribution in [0.15, 0.2) is 48.5 Å². The van der Waals surface area contributed by atoms with E-state index in [0.29, 0.717) is 0 Å². The molecule has 1 heterocycles. The van der Waals surface area contributed by atoms with Crippen molar-refractivity contribution >= 4 is 11.6 Å². The number of rotatable bonds is 1. The summed E-state index contributed by atoms with van der Waals surface area (Å²) >= 11 is 0. The van der Waals surface area contributed by atoms with Gasteiger partial charge in [0, 0.05) is 17.3 Å². The Balaban J connectivity index is 2.17. The summed E-state index contributed by atoms with van der Waals surface area (Å²) in [5.74, 6) is 0.114. The summed E-state index contributed by atoms with van der Waals surface area (Å²) in [5, 5.41) is 0. The highest BCUT2D eigenvalue weighted by Crippen LogP contribution is 2.29. The van der Waals surface area contributed by atoms with Gasteiger partial charge in [-0.05, 0) is 49.9 Å². The Morgan fingerprint density at radius 3 is 2.25 bits per heavy atom. The van der Waals surface area contributed by atoms with Gasteiger partial charge in [0.05, 0.1) is 0 Å². The minimum Gasteiger partial charge on any atom is -0.306 e. The third-order valence-electron chi connectivity index (χ3n) is 3.90. The van der Waals surface area contributed by atoms with E-state index in [4.69, 9.17) is 0 Å². The lowest BCUT2D eigenvalue weighted by Crippen LogP contribution is -2.39. The average molecular weight is 265 g/mol. The molecule has 0 aliphatic carbocycles. The van der Waals surface area contributed by atoms with E-state index in [1.807, 2.05) is 29.2 Å². The quantitative estimate of drug-likeness (QED) is 0.767. The molecule has 2 aromatic rings. The molecule has 3 rings (SSSR count). The number of carbonyl (C=O) groups excluding carboxylic acids is 1. The standard InChI is InChI=1S/C18H19NO/c1-13(2)19-17-10-6-4-8-15(17)12-11-14-7-3-5-9-16(14)18(19)20/h3-10,13H,11-12H2,1-2H3. The zero-order valence-electron chi connectivity index (χ0n) is 12.0. The van der Waals surface area contributed by atoms with Crippen LogP contribution in [0.4, 0.5) is 5.69 Å². The molecule has 0 unspecified atom stereocenters. The Kier molecular flexibility index (Phi) is 3.31. The van der Waals surface area contributed by atoms with Crippen LogP contribution in [0, 0.1) is 0 Å². The van der Waals surface area contributed by atoms with Gasteiger partial charge in [-0.1, -0.05) is 36.4 Å². The summed E-state index contributed by atoms with van der Waals surface area (Å²) in [4.78, 5) is 14.8. The first-order valence-electron chi connectivity index (χ1n) is 7.18. The van der Waals surface area contributed by atoms with Crippen molar-refractivity contribution < 1.29 is 4.79 Å². The molecule has 2 heteroatoms. The first kappa shape index (κ1) is 12.9. The Morgan fingerprint density at radius 2 is 1.50 bits per heavy atom. The zero-order valence-corrected chi connectivity index (χ0v) is 12.0. The van der Waals surface area contributed by atoms with Gasteiger partial charge in [-0.15, -0.1) is 0 Å². The van der Waals surface area contributed by atoms with Crippen LogP contribution in [-0.2, 0) is 12.8 Å². The molecule has 0 bridgehead atoms. The van der Waals surface area contributed by atoms with Crippen molar-refractivity contribution in [3.8, 4) is 0 Å². The molecule has 2 nitrogen and oxygen atoms in total. The molecule has 20 heavy (non-hydrogen) atoms. The SMILES string of the molecule is CC(C)N1C(=O)c2ccccc2CCc2ccccc21. The van der Waals surface area contributed by atoms with Crippen molar-refractivity contribution in [2.75, 3.05) is 4.90 Å². The van der Waals surface area contributed by atoms with Crippen LogP contribution in [0.3, 0.4) is 0 Å². The minimum absolute atomic E-state index is 0.114. The summed E-state index contributed by atoms with van der Waals surface area (Å²) in [6.45, 7) is 4.14. The molecule has 1 amide bonds. The molecule has 0 fully saturated rings. The molecule has 0 aromatic heterocycles. The van der Waals surface area contributed by atoms with Gasteiger partial charge in [0.2, 0.25) is 0 Å². The van der Waals surface area contributed by atoms with Gasteiger partial charge in [-0.25, -0.2) is 0 Å². The number of hydrogen-bond donors (Lipinski definition) is 0. The number of hydrogen-bond acceptors (Lipinski definition) is 1. The summed E-state index contributed by atoms with van der Waals surface area (Å²) in [7, 11) is 0. The minimum atomic E-state index is 0.114. The van der Waals surface area contributed by atoms with Gasteiger partial charge in [0.15, 0.2) is 0 Å². The summed E-state index contributed by atoms with van der Waals surface area (Å²) in [5.41, 5.74) is 4.31. The lowest BCUT2D eigenvalue weighted by atomic mass is 9.94. The van der Waals surface area contributed by atoms with Crippen molar-refractivity contribution in [3.05, 3.63) is 65.2 Å². The van der Waals surface area contributed by atoms with Gasteiger partial charge in [-0.3, -0.25) is 4.79 Å². The maximum atomic E-state index is 12.9. The number of fused-ring (bicyclic) bond motifs is 2. The second kappa shape index (κ2) is 5.12. The van der Waals surface area contributed by atoms with E-state index in [2.05, 4.69) is 38.1 Å². The molecule has 0 saturated heterocycles. The topological polar surface area (TPSA) is 20.3 Å². The third kappa shape index (κ3) is 2.11. The number of amides is 1. The van der Waals surface area contributed by atoms with Crippen molar-refractivity contribution in [2.45, 2.75) is 32.7 Å². The molecule has 0 atom stereocenters. The Labute approximate surface area is 120 Å². The smallest absolute Gasteiger partial charge is 0.258 e. The molecule has 2 aromatic carbocycles. The van der Waals surface area contributed by atoms with E-state index in [9.17, 15) is 4.79 Å². The zero-order chi connectivity index (χ0) is 14.1. The fourth-order valence-corrected chi connectivity index (χ4v) is 2.93. The second-order valence-corrected chi connectivity index (χ2v) is 5.55. The fraction of sp³-hybridized carbons (Fsp3) is 0.278. The van der Waals surface area contributed by atoms with Crippen molar-refractivity contribution in [1.29, 1.82) is 0 Å². The number of aryl methyl sites for hydroxylation is 2. The van der Waals surface area contributed by atoms with E-state index in [1.165, 1.54) is 5.56 Å². The highest BCUT2D eigenvalue weighted by molar-refractivity contribution is 6.08.